The van der Waals surface area contributed by atoms with Gasteiger partial charge in [-0.2, -0.15) is 0 Å². The summed E-state index contributed by atoms with van der Waals surface area (Å²) in [5.74, 6) is 5.02. The van der Waals surface area contributed by atoms with Gasteiger partial charge in [0, 0.05) is 6.20 Å². The molecule has 0 aliphatic heterocycles. The Morgan fingerprint density at radius 2 is 2.10 bits per heavy atom. The summed E-state index contributed by atoms with van der Waals surface area (Å²) >= 11 is 0.923. The average Bonchev–Trinajstić information content (AvgIpc) is 3.08. The summed E-state index contributed by atoms with van der Waals surface area (Å²) in [6.45, 7) is -0.538. The fourth-order valence-corrected chi connectivity index (χ4v) is 3.71. The predicted molar refractivity (Wildman–Crippen MR) is 105 cm³/mol. The van der Waals surface area contributed by atoms with Crippen molar-refractivity contribution in [3.8, 4) is 5.75 Å². The highest BCUT2D eigenvalue weighted by Gasteiger charge is 2.15. The summed E-state index contributed by atoms with van der Waals surface area (Å²) in [5, 5.41) is 8.45. The highest BCUT2D eigenvalue weighted by atomic mass is 32.2. The Morgan fingerprint density at radius 1 is 1.38 bits per heavy atom. The number of rotatable bonds is 9. The van der Waals surface area contributed by atoms with Crippen LogP contribution in [0.25, 0.3) is 10.2 Å². The van der Waals surface area contributed by atoms with E-state index in [-0.39, 0.29) is 29.7 Å². The minimum Gasteiger partial charge on any atom is -0.487 e. The first kappa shape index (κ1) is 22.4. The van der Waals surface area contributed by atoms with Gasteiger partial charge in [-0.15, -0.1) is 11.3 Å². The van der Waals surface area contributed by atoms with Crippen LogP contribution in [0.3, 0.4) is 0 Å². The topological polar surface area (TPSA) is 193 Å². The smallest absolute Gasteiger partial charge is 0.325 e. The van der Waals surface area contributed by atoms with E-state index in [0.29, 0.717) is 16.0 Å². The molecule has 0 spiro atoms. The van der Waals surface area contributed by atoms with Gasteiger partial charge in [0.25, 0.3) is 10.0 Å². The van der Waals surface area contributed by atoms with Crippen molar-refractivity contribution in [3.05, 3.63) is 30.1 Å². The van der Waals surface area contributed by atoms with Gasteiger partial charge in [-0.1, -0.05) is 0 Å². The molecule has 7 N–H and O–H groups in total. The number of methoxy groups -OCH3 is 1. The number of carbonyl (C=O) groups is 2. The number of hydrogen-bond acceptors (Lipinski definition) is 11. The summed E-state index contributed by atoms with van der Waals surface area (Å²) in [5.41, 5.74) is 6.52. The van der Waals surface area contributed by atoms with Crippen molar-refractivity contribution in [1.82, 2.24) is 15.3 Å². The number of nitrogens with one attached hydrogen (secondary N) is 1. The number of nitrogens with zero attached hydrogens (tertiary/aromatic N) is 2. The van der Waals surface area contributed by atoms with E-state index in [1.807, 2.05) is 0 Å². The number of esters is 1. The van der Waals surface area contributed by atoms with Crippen LogP contribution in [-0.2, 0) is 24.3 Å². The zero-order valence-corrected chi connectivity index (χ0v) is 17.0. The third-order valence-corrected chi connectivity index (χ3v) is 5.64. The van der Waals surface area contributed by atoms with Crippen LogP contribution in [0.2, 0.25) is 0 Å². The molecule has 158 valence electrons. The molecule has 0 aliphatic rings. The Morgan fingerprint density at radius 3 is 2.76 bits per heavy atom. The summed E-state index contributed by atoms with van der Waals surface area (Å²) in [4.78, 5) is 26.5. The number of fused-ring (bicyclic) bond motifs is 1. The molecule has 12 nitrogen and oxygen atoms in total. The largest absolute Gasteiger partial charge is 0.487 e. The molecule has 0 saturated heterocycles. The SMILES string of the molecule is COC(=O)CNC(=O)CN(N)/C=C(\N)COc1ccc2nc(S(N)(=O)=O)sc2c1. The van der Waals surface area contributed by atoms with Crippen molar-refractivity contribution in [2.75, 3.05) is 26.8 Å². The summed E-state index contributed by atoms with van der Waals surface area (Å²) < 4.78 is 33.1. The van der Waals surface area contributed by atoms with Crippen molar-refractivity contribution in [3.63, 3.8) is 0 Å². The lowest BCUT2D eigenvalue weighted by Gasteiger charge is -2.15. The molecule has 14 heteroatoms. The number of hydrogen-bond donors (Lipinski definition) is 4. The van der Waals surface area contributed by atoms with Crippen molar-refractivity contribution < 1.29 is 27.5 Å². The van der Waals surface area contributed by atoms with Gasteiger partial charge in [0.15, 0.2) is 0 Å². The molecule has 1 amide bonds. The molecule has 1 aromatic carbocycles. The second kappa shape index (κ2) is 9.51. The van der Waals surface area contributed by atoms with Crippen molar-refractivity contribution >= 4 is 43.5 Å². The molecule has 1 heterocycles. The molecule has 0 saturated carbocycles. The van der Waals surface area contributed by atoms with Crippen molar-refractivity contribution in [2.24, 2.45) is 16.7 Å². The molecule has 2 rings (SSSR count). The van der Waals surface area contributed by atoms with E-state index in [2.05, 4.69) is 15.0 Å². The summed E-state index contributed by atoms with van der Waals surface area (Å²) in [6, 6.07) is 4.80. The number of carbonyl (C=O) groups excluding carboxylic acids is 2. The van der Waals surface area contributed by atoms with Gasteiger partial charge in [0.1, 0.15) is 25.4 Å². The summed E-state index contributed by atoms with van der Waals surface area (Å²) in [7, 11) is -2.67. The zero-order valence-electron chi connectivity index (χ0n) is 15.3. The minimum absolute atomic E-state index is 0.0379. The second-order valence-electron chi connectivity index (χ2n) is 5.67. The Labute approximate surface area is 170 Å². The number of aromatic nitrogens is 1. The van der Waals surface area contributed by atoms with Crippen LogP contribution < -0.4 is 26.8 Å². The van der Waals surface area contributed by atoms with E-state index in [0.717, 1.165) is 16.3 Å². The molecule has 0 atom stereocenters. The van der Waals surface area contributed by atoms with E-state index < -0.39 is 21.9 Å². The summed E-state index contributed by atoms with van der Waals surface area (Å²) in [6.07, 6.45) is 1.31. The third kappa shape index (κ3) is 6.86. The molecule has 1 aromatic heterocycles. The van der Waals surface area contributed by atoms with Crippen LogP contribution in [-0.4, -0.2) is 57.1 Å². The normalized spacial score (nSPS) is 11.9. The lowest BCUT2D eigenvalue weighted by molar-refractivity contribution is -0.141. The quantitative estimate of drug-likeness (QED) is 0.203. The lowest BCUT2D eigenvalue weighted by Crippen LogP contribution is -2.40. The first-order valence-electron chi connectivity index (χ1n) is 7.95. The molecule has 0 bridgehead atoms. The van der Waals surface area contributed by atoms with Crippen molar-refractivity contribution in [2.45, 2.75) is 4.34 Å². The molecule has 0 aliphatic carbocycles. The maximum absolute atomic E-state index is 11.6. The number of thiazole rings is 1. The Kier molecular flexibility index (Phi) is 7.33. The Bertz CT molecular complexity index is 1040. The number of ether oxygens (including phenoxy) is 2. The van der Waals surface area contributed by atoms with Crippen LogP contribution in [0.1, 0.15) is 0 Å². The Hall–Kier alpha value is -2.94. The molecule has 2 aromatic rings. The highest BCUT2D eigenvalue weighted by Crippen LogP contribution is 2.28. The van der Waals surface area contributed by atoms with Gasteiger partial charge in [-0.3, -0.25) is 9.59 Å². The first-order valence-corrected chi connectivity index (χ1v) is 10.3. The second-order valence-corrected chi connectivity index (χ2v) is 8.44. The van der Waals surface area contributed by atoms with Crippen LogP contribution >= 0.6 is 11.3 Å². The standard InChI is InChI=1S/C15H20N6O6S2/c1-26-14(23)5-19-13(22)7-21(17)6-9(16)8-27-10-2-3-11-12(4-10)28-15(20-11)29(18,24)25/h2-4,6H,5,7-8,16-17H2,1H3,(H,19,22)(H2,18,24,25)/b9-6-. The van der Waals surface area contributed by atoms with E-state index in [1.165, 1.54) is 13.3 Å². The van der Waals surface area contributed by atoms with E-state index >= 15 is 0 Å². The van der Waals surface area contributed by atoms with Gasteiger partial charge >= 0.3 is 5.97 Å². The van der Waals surface area contributed by atoms with Gasteiger partial charge in [0.2, 0.25) is 10.2 Å². The minimum atomic E-state index is -3.88. The zero-order chi connectivity index (χ0) is 21.6. The number of amides is 1. The van der Waals surface area contributed by atoms with Gasteiger partial charge < -0.3 is 25.5 Å². The number of sulfonamides is 1. The maximum atomic E-state index is 11.6. The Balaban J connectivity index is 1.91. The fraction of sp³-hybridized carbons (Fsp3) is 0.267. The highest BCUT2D eigenvalue weighted by molar-refractivity contribution is 7.91. The fourth-order valence-electron chi connectivity index (χ4n) is 2.02. The van der Waals surface area contributed by atoms with Crippen LogP contribution in [0.5, 0.6) is 5.75 Å². The van der Waals surface area contributed by atoms with Crippen LogP contribution in [0.4, 0.5) is 0 Å². The molecular weight excluding hydrogens is 424 g/mol. The van der Waals surface area contributed by atoms with Gasteiger partial charge in [-0.25, -0.2) is 24.4 Å². The van der Waals surface area contributed by atoms with Crippen LogP contribution in [0, 0.1) is 0 Å². The molecule has 0 radical (unpaired) electrons. The average molecular weight is 444 g/mol. The van der Waals surface area contributed by atoms with E-state index in [9.17, 15) is 18.0 Å². The lowest BCUT2D eigenvalue weighted by atomic mass is 10.3. The number of benzene rings is 1. The molecular formula is C15H20N6O6S2. The molecule has 0 unspecified atom stereocenters. The van der Waals surface area contributed by atoms with Crippen molar-refractivity contribution in [1.29, 1.82) is 0 Å². The molecule has 29 heavy (non-hydrogen) atoms. The monoisotopic (exact) mass is 444 g/mol. The number of primary sulfonamides is 1. The van der Waals surface area contributed by atoms with E-state index in [4.69, 9.17) is 21.5 Å². The van der Waals surface area contributed by atoms with Crippen LogP contribution in [0.15, 0.2) is 34.4 Å². The van der Waals surface area contributed by atoms with E-state index in [1.54, 1.807) is 18.2 Å². The van der Waals surface area contributed by atoms with Gasteiger partial charge in [0.05, 0.1) is 23.0 Å². The number of hydrazine groups is 1. The molecule has 0 fully saturated rings. The third-order valence-electron chi connectivity index (χ3n) is 3.30. The first-order chi connectivity index (χ1) is 13.6. The predicted octanol–water partition coefficient (Wildman–Crippen LogP) is -1.41. The maximum Gasteiger partial charge on any atom is 0.325 e. The van der Waals surface area contributed by atoms with Gasteiger partial charge in [-0.05, 0) is 18.2 Å². The number of nitrogens with two attached hydrogens (primary N) is 3.